The number of nitrogen functional groups attached to an aromatic ring is 1. The van der Waals surface area contributed by atoms with Gasteiger partial charge in [-0.25, -0.2) is 9.97 Å². The summed E-state index contributed by atoms with van der Waals surface area (Å²) in [6.07, 6.45) is -2.16. The third-order valence-electron chi connectivity index (χ3n) is 6.15. The van der Waals surface area contributed by atoms with Gasteiger partial charge in [-0.2, -0.15) is 13.2 Å². The summed E-state index contributed by atoms with van der Waals surface area (Å²) in [4.78, 5) is 34.3. The minimum atomic E-state index is -4.49. The van der Waals surface area contributed by atoms with Gasteiger partial charge in [0.25, 0.3) is 5.56 Å². The minimum Gasteiger partial charge on any atom is -0.384 e. The molecule has 2 atom stereocenters. The molecule has 1 aliphatic rings. The Hall–Kier alpha value is -3.89. The molecule has 1 aromatic carbocycles. The summed E-state index contributed by atoms with van der Waals surface area (Å²) in [6, 6.07) is 6.29. The van der Waals surface area contributed by atoms with E-state index in [4.69, 9.17) is 11.5 Å². The first-order valence-electron chi connectivity index (χ1n) is 11.0. The lowest BCUT2D eigenvalue weighted by molar-refractivity contribution is -0.137. The molecule has 5 N–H and O–H groups in total. The normalized spacial score (nSPS) is 16.1. The van der Waals surface area contributed by atoms with E-state index in [0.717, 1.165) is 17.7 Å². The van der Waals surface area contributed by atoms with Crippen LogP contribution in [0.15, 0.2) is 41.3 Å². The Morgan fingerprint density at radius 2 is 2.03 bits per heavy atom. The summed E-state index contributed by atoms with van der Waals surface area (Å²) in [5.41, 5.74) is 12.0. The molecule has 0 radical (unpaired) electrons. The summed E-state index contributed by atoms with van der Waals surface area (Å²) in [5, 5.41) is 2.99. The van der Waals surface area contributed by atoms with Gasteiger partial charge >= 0.3 is 6.18 Å². The first-order chi connectivity index (χ1) is 16.5. The molecular weight excluding hydrogens is 461 g/mol. The van der Waals surface area contributed by atoms with E-state index in [9.17, 15) is 22.8 Å². The standard InChI is InChI=1S/C24H25F3N6O2/c1-12-7-14(9-16(8-12)24(25,26)27)10-31-21-20(13(2)15-3-5-18(28)30-11-15)32-19-6-4-17(22(29)34)33(19)23(21)35/h3,5,7-9,11,13,17,31H,4,6,10H2,1-2H3,(H2,28,30)(H2,29,34)/t13-,17?/m1/s1. The molecule has 0 fully saturated rings. The molecule has 0 spiro atoms. The molecule has 1 unspecified atom stereocenters. The fourth-order valence-corrected chi connectivity index (χ4v) is 4.39. The van der Waals surface area contributed by atoms with Crippen molar-refractivity contribution >= 4 is 17.4 Å². The Bertz CT molecular complexity index is 1330. The molecule has 0 aliphatic carbocycles. The Kier molecular flexibility index (Phi) is 6.27. The van der Waals surface area contributed by atoms with E-state index in [-0.39, 0.29) is 18.2 Å². The lowest BCUT2D eigenvalue weighted by Gasteiger charge is -2.20. The van der Waals surface area contributed by atoms with Gasteiger partial charge in [0.05, 0.1) is 11.3 Å². The molecule has 184 valence electrons. The van der Waals surface area contributed by atoms with Crippen LogP contribution in [0.2, 0.25) is 0 Å². The van der Waals surface area contributed by atoms with Crippen LogP contribution in [0.5, 0.6) is 0 Å². The van der Waals surface area contributed by atoms with Crippen LogP contribution in [-0.4, -0.2) is 20.4 Å². The zero-order valence-corrected chi connectivity index (χ0v) is 19.2. The van der Waals surface area contributed by atoms with Crippen LogP contribution in [0.4, 0.5) is 24.7 Å². The summed E-state index contributed by atoms with van der Waals surface area (Å²) in [7, 11) is 0. The molecule has 2 aromatic heterocycles. The Morgan fingerprint density at radius 3 is 2.66 bits per heavy atom. The number of nitrogens with one attached hydrogen (secondary N) is 1. The van der Waals surface area contributed by atoms with Crippen molar-refractivity contribution in [1.82, 2.24) is 14.5 Å². The largest absolute Gasteiger partial charge is 0.416 e. The topological polar surface area (TPSA) is 129 Å². The number of halogens is 3. The van der Waals surface area contributed by atoms with Crippen molar-refractivity contribution in [2.24, 2.45) is 5.73 Å². The Balaban J connectivity index is 1.78. The van der Waals surface area contributed by atoms with Crippen molar-refractivity contribution in [3.8, 4) is 0 Å². The average molecular weight is 486 g/mol. The third-order valence-corrected chi connectivity index (χ3v) is 6.15. The molecule has 1 aliphatic heterocycles. The smallest absolute Gasteiger partial charge is 0.384 e. The van der Waals surface area contributed by atoms with Gasteiger partial charge in [0.15, 0.2) is 0 Å². The number of aromatic nitrogens is 3. The maximum Gasteiger partial charge on any atom is 0.416 e. The molecule has 11 heteroatoms. The molecular formula is C24H25F3N6O2. The van der Waals surface area contributed by atoms with Crippen LogP contribution in [-0.2, 0) is 23.9 Å². The second kappa shape index (κ2) is 9.05. The highest BCUT2D eigenvalue weighted by atomic mass is 19.4. The fourth-order valence-electron chi connectivity index (χ4n) is 4.39. The average Bonchev–Trinajstić information content (AvgIpc) is 3.22. The molecule has 0 bridgehead atoms. The van der Waals surface area contributed by atoms with Crippen LogP contribution in [0.1, 0.15) is 59.1 Å². The van der Waals surface area contributed by atoms with Gasteiger partial charge in [0, 0.05) is 25.1 Å². The first kappa shape index (κ1) is 24.2. The minimum absolute atomic E-state index is 0.0536. The number of rotatable bonds is 6. The maximum absolute atomic E-state index is 13.5. The number of aryl methyl sites for hydroxylation is 2. The summed E-state index contributed by atoms with van der Waals surface area (Å²) >= 11 is 0. The van der Waals surface area contributed by atoms with Gasteiger partial charge in [0.2, 0.25) is 5.91 Å². The zero-order chi connectivity index (χ0) is 25.5. The van der Waals surface area contributed by atoms with Crippen LogP contribution in [0.25, 0.3) is 0 Å². The number of alkyl halides is 3. The Labute approximate surface area is 199 Å². The second-order valence-corrected chi connectivity index (χ2v) is 8.72. The monoisotopic (exact) mass is 486 g/mol. The SMILES string of the molecule is Cc1cc(CNc2c([C@H](C)c3ccc(N)nc3)nc3n(c2=O)C(C(N)=O)CC3)cc(C(F)(F)F)c1. The summed E-state index contributed by atoms with van der Waals surface area (Å²) in [6.45, 7) is 3.36. The van der Waals surface area contributed by atoms with E-state index < -0.39 is 29.2 Å². The van der Waals surface area contributed by atoms with E-state index >= 15 is 0 Å². The van der Waals surface area contributed by atoms with Crippen LogP contribution >= 0.6 is 0 Å². The number of amides is 1. The van der Waals surface area contributed by atoms with E-state index in [0.29, 0.717) is 41.3 Å². The summed E-state index contributed by atoms with van der Waals surface area (Å²) in [5.74, 6) is -0.259. The summed E-state index contributed by atoms with van der Waals surface area (Å²) < 4.78 is 41.1. The maximum atomic E-state index is 13.5. The van der Waals surface area contributed by atoms with Gasteiger partial charge in [-0.05, 0) is 42.7 Å². The molecule has 1 amide bonds. The predicted molar refractivity (Wildman–Crippen MR) is 125 cm³/mol. The number of primary amides is 1. The molecule has 0 saturated heterocycles. The first-order valence-corrected chi connectivity index (χ1v) is 11.0. The fraction of sp³-hybridized carbons (Fsp3) is 0.333. The van der Waals surface area contributed by atoms with Crippen LogP contribution in [0, 0.1) is 6.92 Å². The van der Waals surface area contributed by atoms with Crippen molar-refractivity contribution in [3.63, 3.8) is 0 Å². The van der Waals surface area contributed by atoms with Crippen molar-refractivity contribution in [3.05, 3.63) is 80.7 Å². The van der Waals surface area contributed by atoms with Crippen molar-refractivity contribution < 1.29 is 18.0 Å². The number of benzene rings is 1. The lowest BCUT2D eigenvalue weighted by atomic mass is 9.97. The van der Waals surface area contributed by atoms with Gasteiger partial charge in [-0.1, -0.05) is 24.6 Å². The molecule has 35 heavy (non-hydrogen) atoms. The number of anilines is 2. The van der Waals surface area contributed by atoms with E-state index in [1.165, 1.54) is 4.57 Å². The molecule has 3 aromatic rings. The molecule has 3 heterocycles. The zero-order valence-electron chi connectivity index (χ0n) is 19.2. The highest BCUT2D eigenvalue weighted by molar-refractivity contribution is 5.79. The number of fused-ring (bicyclic) bond motifs is 1. The van der Waals surface area contributed by atoms with E-state index in [1.807, 2.05) is 6.92 Å². The quantitative estimate of drug-likeness (QED) is 0.490. The highest BCUT2D eigenvalue weighted by Gasteiger charge is 2.33. The van der Waals surface area contributed by atoms with Crippen molar-refractivity contribution in [2.45, 2.75) is 51.4 Å². The number of hydrogen-bond acceptors (Lipinski definition) is 6. The molecule has 8 nitrogen and oxygen atoms in total. The molecule has 0 saturated carbocycles. The molecule has 4 rings (SSSR count). The van der Waals surface area contributed by atoms with Gasteiger partial charge in [-0.3, -0.25) is 14.2 Å². The van der Waals surface area contributed by atoms with E-state index in [2.05, 4.69) is 15.3 Å². The third kappa shape index (κ3) is 4.84. The predicted octanol–water partition coefficient (Wildman–Crippen LogP) is 3.28. The number of hydrogen-bond donors (Lipinski definition) is 3. The van der Waals surface area contributed by atoms with Crippen LogP contribution < -0.4 is 22.3 Å². The van der Waals surface area contributed by atoms with Crippen LogP contribution in [0.3, 0.4) is 0 Å². The van der Waals surface area contributed by atoms with Crippen molar-refractivity contribution in [2.75, 3.05) is 11.1 Å². The Morgan fingerprint density at radius 1 is 1.29 bits per heavy atom. The number of nitrogens with zero attached hydrogens (tertiary/aromatic N) is 3. The van der Waals surface area contributed by atoms with Gasteiger partial charge < -0.3 is 16.8 Å². The number of pyridine rings is 1. The number of carbonyl (C=O) groups is 1. The van der Waals surface area contributed by atoms with Gasteiger partial charge in [0.1, 0.15) is 23.4 Å². The highest BCUT2D eigenvalue weighted by Crippen LogP contribution is 2.33. The van der Waals surface area contributed by atoms with Gasteiger partial charge in [-0.15, -0.1) is 0 Å². The van der Waals surface area contributed by atoms with Crippen molar-refractivity contribution in [1.29, 1.82) is 0 Å². The number of carbonyl (C=O) groups excluding carboxylic acids is 1. The lowest BCUT2D eigenvalue weighted by Crippen LogP contribution is -2.34. The second-order valence-electron chi connectivity index (χ2n) is 8.72. The number of nitrogens with two attached hydrogens (primary N) is 2. The van der Waals surface area contributed by atoms with E-state index in [1.54, 1.807) is 31.3 Å².